The minimum Gasteiger partial charge on any atom is -0.381 e. The van der Waals surface area contributed by atoms with Crippen molar-refractivity contribution in [3.63, 3.8) is 0 Å². The quantitative estimate of drug-likeness (QED) is 0.605. The Kier molecular flexibility index (Phi) is 3.98. The molecule has 0 bridgehead atoms. The Balaban J connectivity index is 2.20. The van der Waals surface area contributed by atoms with Crippen molar-refractivity contribution >= 4 is 0 Å². The van der Waals surface area contributed by atoms with E-state index in [1.165, 1.54) is 19.3 Å². The number of hydrogen-bond acceptors (Lipinski definition) is 1. The van der Waals surface area contributed by atoms with Crippen LogP contribution in [-0.4, -0.2) is 13.2 Å². The summed E-state index contributed by atoms with van der Waals surface area (Å²) in [7, 11) is 0. The molecule has 0 aromatic rings. The van der Waals surface area contributed by atoms with Crippen molar-refractivity contribution in [3.05, 3.63) is 12.2 Å². The normalized spacial score (nSPS) is 29.2. The van der Waals surface area contributed by atoms with Gasteiger partial charge in [0.1, 0.15) is 0 Å². The minimum atomic E-state index is 0.424. The maximum Gasteiger partial charge on any atom is 0.0523 e. The number of ether oxygens (including phenoxy) is 1. The second kappa shape index (κ2) is 4.80. The Morgan fingerprint density at radius 2 is 2.15 bits per heavy atom. The summed E-state index contributed by atoms with van der Waals surface area (Å²) < 4.78 is 5.40. The first kappa shape index (κ1) is 10.8. The highest BCUT2D eigenvalue weighted by Crippen LogP contribution is 2.31. The van der Waals surface area contributed by atoms with Crippen LogP contribution in [0.25, 0.3) is 0 Å². The zero-order valence-electron chi connectivity index (χ0n) is 9.18. The van der Waals surface area contributed by atoms with Gasteiger partial charge in [-0.3, -0.25) is 0 Å². The summed E-state index contributed by atoms with van der Waals surface area (Å²) in [5.41, 5.74) is 0.424. The van der Waals surface area contributed by atoms with Gasteiger partial charge in [0, 0.05) is 6.61 Å². The molecule has 0 aromatic carbocycles. The van der Waals surface area contributed by atoms with Gasteiger partial charge in [-0.05, 0) is 30.6 Å². The van der Waals surface area contributed by atoms with Crippen molar-refractivity contribution in [1.29, 1.82) is 0 Å². The average molecular weight is 182 g/mol. The molecule has 0 spiro atoms. The van der Waals surface area contributed by atoms with Crippen molar-refractivity contribution < 1.29 is 4.74 Å². The molecule has 0 aliphatic carbocycles. The van der Waals surface area contributed by atoms with Crippen LogP contribution in [0.5, 0.6) is 0 Å². The topological polar surface area (TPSA) is 9.23 Å². The lowest BCUT2D eigenvalue weighted by atomic mass is 9.86. The van der Waals surface area contributed by atoms with Gasteiger partial charge >= 0.3 is 0 Å². The zero-order chi connectivity index (χ0) is 9.73. The summed E-state index contributed by atoms with van der Waals surface area (Å²) in [6.07, 6.45) is 8.25. The monoisotopic (exact) mass is 182 g/mol. The molecule has 1 rings (SSSR count). The summed E-state index contributed by atoms with van der Waals surface area (Å²) in [6.45, 7) is 8.72. The van der Waals surface area contributed by atoms with Crippen molar-refractivity contribution in [2.75, 3.05) is 13.2 Å². The van der Waals surface area contributed by atoms with E-state index in [1.54, 1.807) is 0 Å². The molecule has 76 valence electrons. The molecular formula is C12H22O. The van der Waals surface area contributed by atoms with Crippen LogP contribution in [0.4, 0.5) is 0 Å². The number of rotatable bonds is 4. The SMILES string of the molecule is CC(C)C/C=C\CC1(C)CCOC1. The maximum atomic E-state index is 5.40. The van der Waals surface area contributed by atoms with Gasteiger partial charge in [0.05, 0.1) is 6.61 Å². The van der Waals surface area contributed by atoms with Crippen LogP contribution in [0.15, 0.2) is 12.2 Å². The van der Waals surface area contributed by atoms with Gasteiger partial charge in [-0.25, -0.2) is 0 Å². The van der Waals surface area contributed by atoms with E-state index in [4.69, 9.17) is 4.74 Å². The Labute approximate surface area is 82.2 Å². The van der Waals surface area contributed by atoms with Crippen molar-refractivity contribution in [2.24, 2.45) is 11.3 Å². The molecule has 1 unspecified atom stereocenters. The summed E-state index contributed by atoms with van der Waals surface area (Å²) in [5, 5.41) is 0. The molecule has 0 saturated carbocycles. The van der Waals surface area contributed by atoms with Crippen molar-refractivity contribution in [2.45, 2.75) is 40.0 Å². The molecule has 1 aliphatic heterocycles. The van der Waals surface area contributed by atoms with E-state index in [1.807, 2.05) is 0 Å². The lowest BCUT2D eigenvalue weighted by molar-refractivity contribution is 0.160. The van der Waals surface area contributed by atoms with Gasteiger partial charge in [0.15, 0.2) is 0 Å². The van der Waals surface area contributed by atoms with E-state index in [2.05, 4.69) is 32.9 Å². The van der Waals surface area contributed by atoms with Crippen LogP contribution in [-0.2, 0) is 4.74 Å². The Morgan fingerprint density at radius 1 is 1.38 bits per heavy atom. The van der Waals surface area contributed by atoms with Crippen LogP contribution in [0, 0.1) is 11.3 Å². The minimum absolute atomic E-state index is 0.424. The largest absolute Gasteiger partial charge is 0.381 e. The molecule has 0 amide bonds. The van der Waals surface area contributed by atoms with Crippen molar-refractivity contribution in [3.8, 4) is 0 Å². The van der Waals surface area contributed by atoms with Gasteiger partial charge in [0.25, 0.3) is 0 Å². The van der Waals surface area contributed by atoms with Gasteiger partial charge in [0.2, 0.25) is 0 Å². The van der Waals surface area contributed by atoms with Crippen LogP contribution < -0.4 is 0 Å². The molecular weight excluding hydrogens is 160 g/mol. The second-order valence-electron chi connectivity index (χ2n) is 4.92. The highest BCUT2D eigenvalue weighted by atomic mass is 16.5. The van der Waals surface area contributed by atoms with E-state index >= 15 is 0 Å². The molecule has 1 saturated heterocycles. The smallest absolute Gasteiger partial charge is 0.0523 e. The molecule has 1 heteroatoms. The maximum absolute atomic E-state index is 5.40. The van der Waals surface area contributed by atoms with E-state index in [-0.39, 0.29) is 0 Å². The highest BCUT2D eigenvalue weighted by molar-refractivity contribution is 4.91. The first-order chi connectivity index (χ1) is 6.12. The van der Waals surface area contributed by atoms with Crippen LogP contribution >= 0.6 is 0 Å². The van der Waals surface area contributed by atoms with Gasteiger partial charge in [-0.15, -0.1) is 0 Å². The standard InChI is InChI=1S/C12H22O/c1-11(2)6-4-5-7-12(3)8-9-13-10-12/h4-5,11H,6-10H2,1-3H3/b5-4-. The summed E-state index contributed by atoms with van der Waals surface area (Å²) in [4.78, 5) is 0. The average Bonchev–Trinajstić information content (AvgIpc) is 2.47. The molecule has 1 nitrogen and oxygen atoms in total. The zero-order valence-corrected chi connectivity index (χ0v) is 9.18. The van der Waals surface area contributed by atoms with Gasteiger partial charge in [-0.1, -0.05) is 32.9 Å². The summed E-state index contributed by atoms with van der Waals surface area (Å²) in [6, 6.07) is 0. The first-order valence-corrected chi connectivity index (χ1v) is 5.35. The molecule has 0 aromatic heterocycles. The number of hydrogen-bond donors (Lipinski definition) is 0. The lowest BCUT2D eigenvalue weighted by Crippen LogP contribution is -2.14. The number of allylic oxidation sites excluding steroid dienone is 2. The molecule has 1 fully saturated rings. The van der Waals surface area contributed by atoms with E-state index in [9.17, 15) is 0 Å². The second-order valence-corrected chi connectivity index (χ2v) is 4.92. The van der Waals surface area contributed by atoms with Crippen LogP contribution in [0.1, 0.15) is 40.0 Å². The summed E-state index contributed by atoms with van der Waals surface area (Å²) >= 11 is 0. The van der Waals surface area contributed by atoms with Gasteiger partial charge < -0.3 is 4.74 Å². The first-order valence-electron chi connectivity index (χ1n) is 5.35. The van der Waals surface area contributed by atoms with E-state index < -0.39 is 0 Å². The molecule has 13 heavy (non-hydrogen) atoms. The third kappa shape index (κ3) is 3.95. The Bertz CT molecular complexity index is 164. The van der Waals surface area contributed by atoms with E-state index in [0.29, 0.717) is 5.41 Å². The molecule has 1 aliphatic rings. The summed E-state index contributed by atoms with van der Waals surface area (Å²) in [5.74, 6) is 0.781. The predicted octanol–water partition coefficient (Wildman–Crippen LogP) is 3.41. The molecule has 0 radical (unpaired) electrons. The third-order valence-electron chi connectivity index (χ3n) is 2.69. The van der Waals surface area contributed by atoms with E-state index in [0.717, 1.165) is 19.1 Å². The fourth-order valence-corrected chi connectivity index (χ4v) is 1.61. The third-order valence-corrected chi connectivity index (χ3v) is 2.69. The molecule has 1 heterocycles. The molecule has 1 atom stereocenters. The van der Waals surface area contributed by atoms with Crippen molar-refractivity contribution in [1.82, 2.24) is 0 Å². The highest BCUT2D eigenvalue weighted by Gasteiger charge is 2.27. The van der Waals surface area contributed by atoms with Gasteiger partial charge in [-0.2, -0.15) is 0 Å². The van der Waals surface area contributed by atoms with Crippen LogP contribution in [0.2, 0.25) is 0 Å². The Morgan fingerprint density at radius 3 is 2.69 bits per heavy atom. The fraction of sp³-hybridized carbons (Fsp3) is 0.833. The lowest BCUT2D eigenvalue weighted by Gasteiger charge is -2.18. The molecule has 0 N–H and O–H groups in total. The van der Waals surface area contributed by atoms with Crippen LogP contribution in [0.3, 0.4) is 0 Å². The predicted molar refractivity (Wildman–Crippen MR) is 56.8 cm³/mol. The Hall–Kier alpha value is -0.300. The fourth-order valence-electron chi connectivity index (χ4n) is 1.61.